The van der Waals surface area contributed by atoms with E-state index in [0.29, 0.717) is 5.02 Å². The molecule has 2 unspecified atom stereocenters. The van der Waals surface area contributed by atoms with Gasteiger partial charge in [0.15, 0.2) is 0 Å². The second kappa shape index (κ2) is 7.72. The Labute approximate surface area is 152 Å². The summed E-state index contributed by atoms with van der Waals surface area (Å²) in [5.74, 6) is 0.675. The highest BCUT2D eigenvalue weighted by atomic mass is 35.5. The molecule has 0 saturated carbocycles. The zero-order chi connectivity index (χ0) is 17.8. The molecule has 0 aliphatic heterocycles. The van der Waals surface area contributed by atoms with Crippen LogP contribution in [0.1, 0.15) is 37.3 Å². The Bertz CT molecular complexity index is 825. The van der Waals surface area contributed by atoms with Gasteiger partial charge in [0.1, 0.15) is 11.3 Å². The maximum absolute atomic E-state index is 12.2. The fourth-order valence-corrected chi connectivity index (χ4v) is 2.82. The quantitative estimate of drug-likeness (QED) is 0.677. The Kier molecular flexibility index (Phi) is 5.41. The molecule has 0 saturated heterocycles. The zero-order valence-electron chi connectivity index (χ0n) is 14.3. The third kappa shape index (κ3) is 4.41. The van der Waals surface area contributed by atoms with Crippen LogP contribution in [0.2, 0.25) is 5.02 Å². The van der Waals surface area contributed by atoms with Gasteiger partial charge in [0.25, 0.3) is 0 Å². The lowest BCUT2D eigenvalue weighted by atomic mass is 10.1. The minimum absolute atomic E-state index is 0.0597. The van der Waals surface area contributed by atoms with Crippen LogP contribution in [0.15, 0.2) is 59.0 Å². The Balaban J connectivity index is 1.53. The first kappa shape index (κ1) is 17.5. The SMILES string of the molecule is CC(NCC(=O)NC(C)c1cc2ccccc2o1)c1ccc(Cl)cc1. The van der Waals surface area contributed by atoms with Crippen molar-refractivity contribution in [1.82, 2.24) is 10.6 Å². The lowest BCUT2D eigenvalue weighted by Gasteiger charge is -2.16. The molecular formula is C20H21ClN2O2. The third-order valence-corrected chi connectivity index (χ3v) is 4.44. The first-order valence-corrected chi connectivity index (χ1v) is 8.67. The maximum atomic E-state index is 12.2. The Morgan fingerprint density at radius 1 is 1.08 bits per heavy atom. The van der Waals surface area contributed by atoms with E-state index in [1.807, 2.05) is 68.4 Å². The van der Waals surface area contributed by atoms with Crippen LogP contribution < -0.4 is 10.6 Å². The van der Waals surface area contributed by atoms with E-state index in [-0.39, 0.29) is 24.5 Å². The predicted molar refractivity (Wildman–Crippen MR) is 101 cm³/mol. The van der Waals surface area contributed by atoms with Crippen molar-refractivity contribution >= 4 is 28.5 Å². The number of amides is 1. The van der Waals surface area contributed by atoms with E-state index in [0.717, 1.165) is 22.3 Å². The van der Waals surface area contributed by atoms with Crippen LogP contribution in [-0.4, -0.2) is 12.5 Å². The molecule has 1 amide bonds. The van der Waals surface area contributed by atoms with Crippen LogP contribution in [-0.2, 0) is 4.79 Å². The van der Waals surface area contributed by atoms with Gasteiger partial charge in [0, 0.05) is 16.5 Å². The summed E-state index contributed by atoms with van der Waals surface area (Å²) in [5, 5.41) is 7.91. The average Bonchev–Trinajstić information content (AvgIpc) is 3.04. The highest BCUT2D eigenvalue weighted by Crippen LogP contribution is 2.23. The second-order valence-corrected chi connectivity index (χ2v) is 6.57. The number of carbonyl (C=O) groups is 1. The molecule has 5 heteroatoms. The van der Waals surface area contributed by atoms with E-state index in [1.54, 1.807) is 0 Å². The Morgan fingerprint density at radius 3 is 2.52 bits per heavy atom. The zero-order valence-corrected chi connectivity index (χ0v) is 15.0. The van der Waals surface area contributed by atoms with Gasteiger partial charge in [-0.1, -0.05) is 41.9 Å². The first-order chi connectivity index (χ1) is 12.0. The van der Waals surface area contributed by atoms with Gasteiger partial charge in [0.2, 0.25) is 5.91 Å². The molecule has 0 spiro atoms. The van der Waals surface area contributed by atoms with Crippen LogP contribution in [0.25, 0.3) is 11.0 Å². The molecular weight excluding hydrogens is 336 g/mol. The molecule has 3 rings (SSSR count). The van der Waals surface area contributed by atoms with Gasteiger partial charge in [-0.05, 0) is 43.7 Å². The average molecular weight is 357 g/mol. The van der Waals surface area contributed by atoms with E-state index in [9.17, 15) is 4.79 Å². The molecule has 1 heterocycles. The fraction of sp³-hybridized carbons (Fsp3) is 0.250. The van der Waals surface area contributed by atoms with Gasteiger partial charge in [-0.25, -0.2) is 0 Å². The molecule has 1 aromatic heterocycles. The number of para-hydroxylation sites is 1. The topological polar surface area (TPSA) is 54.3 Å². The van der Waals surface area contributed by atoms with Gasteiger partial charge in [-0.3, -0.25) is 4.79 Å². The van der Waals surface area contributed by atoms with Gasteiger partial charge < -0.3 is 15.1 Å². The summed E-state index contributed by atoms with van der Waals surface area (Å²) in [6.45, 7) is 4.16. The molecule has 3 aromatic rings. The summed E-state index contributed by atoms with van der Waals surface area (Å²) in [6.07, 6.45) is 0. The summed E-state index contributed by atoms with van der Waals surface area (Å²) in [6, 6.07) is 17.2. The van der Waals surface area contributed by atoms with E-state index in [4.69, 9.17) is 16.0 Å². The van der Waals surface area contributed by atoms with E-state index >= 15 is 0 Å². The number of hydrogen-bond acceptors (Lipinski definition) is 3. The van der Waals surface area contributed by atoms with E-state index < -0.39 is 0 Å². The van der Waals surface area contributed by atoms with Crippen LogP contribution in [0.4, 0.5) is 0 Å². The lowest BCUT2D eigenvalue weighted by Crippen LogP contribution is -2.36. The number of carbonyl (C=O) groups excluding carboxylic acids is 1. The first-order valence-electron chi connectivity index (χ1n) is 8.29. The van der Waals surface area contributed by atoms with Crippen molar-refractivity contribution in [2.45, 2.75) is 25.9 Å². The molecule has 4 nitrogen and oxygen atoms in total. The molecule has 0 fully saturated rings. The van der Waals surface area contributed by atoms with Crippen LogP contribution in [0, 0.1) is 0 Å². The number of hydrogen-bond donors (Lipinski definition) is 2. The van der Waals surface area contributed by atoms with Crippen molar-refractivity contribution in [1.29, 1.82) is 0 Å². The number of fused-ring (bicyclic) bond motifs is 1. The standard InChI is InChI=1S/C20H21ClN2O2/c1-13(15-7-9-17(21)10-8-15)22-12-20(24)23-14(2)19-11-16-5-3-4-6-18(16)25-19/h3-11,13-14,22H,12H2,1-2H3,(H,23,24). The van der Waals surface area contributed by atoms with Gasteiger partial charge in [0.05, 0.1) is 12.6 Å². The summed E-state index contributed by atoms with van der Waals surface area (Å²) in [4.78, 5) is 12.2. The minimum Gasteiger partial charge on any atom is -0.459 e. The van der Waals surface area contributed by atoms with Gasteiger partial charge >= 0.3 is 0 Å². The van der Waals surface area contributed by atoms with Crippen LogP contribution in [0.5, 0.6) is 0 Å². The maximum Gasteiger partial charge on any atom is 0.234 e. The molecule has 0 aliphatic carbocycles. The Hall–Kier alpha value is -2.30. The number of rotatable bonds is 6. The van der Waals surface area contributed by atoms with Crippen LogP contribution >= 0.6 is 11.6 Å². The lowest BCUT2D eigenvalue weighted by molar-refractivity contribution is -0.121. The van der Waals surface area contributed by atoms with Crippen molar-refractivity contribution in [3.05, 3.63) is 70.9 Å². The molecule has 25 heavy (non-hydrogen) atoms. The Morgan fingerprint density at radius 2 is 1.80 bits per heavy atom. The fourth-order valence-electron chi connectivity index (χ4n) is 2.69. The summed E-state index contributed by atoms with van der Waals surface area (Å²) in [7, 11) is 0. The number of furan rings is 1. The number of halogens is 1. The monoisotopic (exact) mass is 356 g/mol. The van der Waals surface area contributed by atoms with Gasteiger partial charge in [-0.2, -0.15) is 0 Å². The predicted octanol–water partition coefficient (Wildman–Crippen LogP) is 4.61. The van der Waals surface area contributed by atoms with Crippen molar-refractivity contribution in [3.8, 4) is 0 Å². The molecule has 2 N–H and O–H groups in total. The summed E-state index contributed by atoms with van der Waals surface area (Å²) in [5.41, 5.74) is 1.91. The normalized spacial score (nSPS) is 13.6. The molecule has 0 radical (unpaired) electrons. The van der Waals surface area contributed by atoms with Crippen LogP contribution in [0.3, 0.4) is 0 Å². The molecule has 0 bridgehead atoms. The highest BCUT2D eigenvalue weighted by Gasteiger charge is 2.15. The summed E-state index contributed by atoms with van der Waals surface area (Å²) >= 11 is 5.90. The molecule has 2 atom stereocenters. The summed E-state index contributed by atoms with van der Waals surface area (Å²) < 4.78 is 5.79. The van der Waals surface area contributed by atoms with Crippen molar-refractivity contribution < 1.29 is 9.21 Å². The number of nitrogens with one attached hydrogen (secondary N) is 2. The minimum atomic E-state index is -0.187. The third-order valence-electron chi connectivity index (χ3n) is 4.19. The van der Waals surface area contributed by atoms with Gasteiger partial charge in [-0.15, -0.1) is 0 Å². The second-order valence-electron chi connectivity index (χ2n) is 6.13. The number of benzene rings is 2. The van der Waals surface area contributed by atoms with Crippen molar-refractivity contribution in [2.24, 2.45) is 0 Å². The molecule has 130 valence electrons. The largest absolute Gasteiger partial charge is 0.459 e. The van der Waals surface area contributed by atoms with E-state index in [1.165, 1.54) is 0 Å². The molecule has 2 aromatic carbocycles. The van der Waals surface area contributed by atoms with E-state index in [2.05, 4.69) is 10.6 Å². The molecule has 0 aliphatic rings. The smallest absolute Gasteiger partial charge is 0.234 e. The van der Waals surface area contributed by atoms with Crippen molar-refractivity contribution in [3.63, 3.8) is 0 Å². The highest BCUT2D eigenvalue weighted by molar-refractivity contribution is 6.30. The van der Waals surface area contributed by atoms with Crippen molar-refractivity contribution in [2.75, 3.05) is 6.54 Å².